The second-order valence-corrected chi connectivity index (χ2v) is 2.74. The van der Waals surface area contributed by atoms with Crippen LogP contribution in [0.15, 0.2) is 0 Å². The lowest BCUT2D eigenvalue weighted by Gasteiger charge is -2.10. The van der Waals surface area contributed by atoms with Gasteiger partial charge in [-0.2, -0.15) is 0 Å². The third kappa shape index (κ3) is 2.08. The highest BCUT2D eigenvalue weighted by Gasteiger charge is 2.29. The van der Waals surface area contributed by atoms with Crippen LogP contribution in [0, 0.1) is 0 Å². The topological polar surface area (TPSA) is 58.6 Å². The van der Waals surface area contributed by atoms with Gasteiger partial charge in [0.1, 0.15) is 6.10 Å². The summed E-state index contributed by atoms with van der Waals surface area (Å²) in [4.78, 5) is 10.6. The molecule has 0 spiro atoms. The van der Waals surface area contributed by atoms with Crippen molar-refractivity contribution in [1.29, 1.82) is 0 Å². The lowest BCUT2D eigenvalue weighted by atomic mass is 10.1. The first-order valence-electron chi connectivity index (χ1n) is 3.82. The molecule has 0 bridgehead atoms. The number of aliphatic hydroxyl groups excluding tert-OH is 1. The molecule has 4 nitrogen and oxygen atoms in total. The van der Waals surface area contributed by atoms with E-state index in [2.05, 4.69) is 5.32 Å². The average molecular weight is 159 g/mol. The SMILES string of the molecule is CC1NC(=O)OC1CCCO. The molecule has 0 aromatic heterocycles. The second-order valence-electron chi connectivity index (χ2n) is 2.74. The van der Waals surface area contributed by atoms with Gasteiger partial charge >= 0.3 is 6.09 Å². The molecule has 2 atom stereocenters. The van der Waals surface area contributed by atoms with Gasteiger partial charge in [-0.15, -0.1) is 0 Å². The Balaban J connectivity index is 2.28. The summed E-state index contributed by atoms with van der Waals surface area (Å²) in [5.74, 6) is 0. The highest BCUT2D eigenvalue weighted by atomic mass is 16.6. The Morgan fingerprint density at radius 1 is 1.73 bits per heavy atom. The van der Waals surface area contributed by atoms with Crippen molar-refractivity contribution in [1.82, 2.24) is 5.32 Å². The fourth-order valence-corrected chi connectivity index (χ4v) is 1.15. The lowest BCUT2D eigenvalue weighted by Crippen LogP contribution is -2.27. The third-order valence-electron chi connectivity index (χ3n) is 1.81. The minimum Gasteiger partial charge on any atom is -0.444 e. The minimum absolute atomic E-state index is 0.0605. The quantitative estimate of drug-likeness (QED) is 0.620. The molecule has 0 aromatic rings. The Kier molecular flexibility index (Phi) is 2.70. The summed E-state index contributed by atoms with van der Waals surface area (Å²) < 4.78 is 4.91. The summed E-state index contributed by atoms with van der Waals surface area (Å²) in [7, 11) is 0. The van der Waals surface area contributed by atoms with Crippen LogP contribution in [0.5, 0.6) is 0 Å². The van der Waals surface area contributed by atoms with E-state index in [0.29, 0.717) is 6.42 Å². The number of carbonyl (C=O) groups is 1. The van der Waals surface area contributed by atoms with E-state index in [0.717, 1.165) is 6.42 Å². The highest BCUT2D eigenvalue weighted by Crippen LogP contribution is 2.13. The van der Waals surface area contributed by atoms with Gasteiger partial charge in [-0.05, 0) is 19.8 Å². The van der Waals surface area contributed by atoms with Crippen LogP contribution in [0.3, 0.4) is 0 Å². The fourth-order valence-electron chi connectivity index (χ4n) is 1.15. The molecular formula is C7H13NO3. The van der Waals surface area contributed by atoms with E-state index < -0.39 is 0 Å². The summed E-state index contributed by atoms with van der Waals surface area (Å²) in [6.07, 6.45) is 1.01. The van der Waals surface area contributed by atoms with Crippen LogP contribution in [0.1, 0.15) is 19.8 Å². The van der Waals surface area contributed by atoms with E-state index >= 15 is 0 Å². The molecular weight excluding hydrogens is 146 g/mol. The Morgan fingerprint density at radius 2 is 2.45 bits per heavy atom. The van der Waals surface area contributed by atoms with Crippen molar-refractivity contribution in [2.45, 2.75) is 31.9 Å². The molecule has 1 amide bonds. The number of aliphatic hydroxyl groups is 1. The first-order chi connectivity index (χ1) is 5.24. The molecule has 0 radical (unpaired) electrons. The van der Waals surface area contributed by atoms with Crippen molar-refractivity contribution in [2.75, 3.05) is 6.61 Å². The number of amides is 1. The van der Waals surface area contributed by atoms with E-state index in [1.165, 1.54) is 0 Å². The molecule has 1 aliphatic heterocycles. The molecule has 1 heterocycles. The summed E-state index contributed by atoms with van der Waals surface area (Å²) in [6.45, 7) is 2.05. The average Bonchev–Trinajstić information content (AvgIpc) is 2.26. The van der Waals surface area contributed by atoms with Crippen LogP contribution in [0.4, 0.5) is 4.79 Å². The summed E-state index contributed by atoms with van der Waals surface area (Å²) in [5, 5.41) is 11.2. The van der Waals surface area contributed by atoms with Crippen molar-refractivity contribution in [3.8, 4) is 0 Å². The zero-order valence-electron chi connectivity index (χ0n) is 6.54. The van der Waals surface area contributed by atoms with E-state index in [1.54, 1.807) is 0 Å². The smallest absolute Gasteiger partial charge is 0.407 e. The maximum absolute atomic E-state index is 10.6. The number of cyclic esters (lactones) is 1. The van der Waals surface area contributed by atoms with Gasteiger partial charge in [0.05, 0.1) is 6.04 Å². The molecule has 2 unspecified atom stereocenters. The Bertz CT molecular complexity index is 149. The lowest BCUT2D eigenvalue weighted by molar-refractivity contribution is 0.121. The highest BCUT2D eigenvalue weighted by molar-refractivity contribution is 5.70. The molecule has 1 rings (SSSR count). The molecule has 4 heteroatoms. The maximum Gasteiger partial charge on any atom is 0.407 e. The molecule has 2 N–H and O–H groups in total. The predicted molar refractivity (Wildman–Crippen MR) is 39.2 cm³/mol. The van der Waals surface area contributed by atoms with Gasteiger partial charge in [0.15, 0.2) is 0 Å². The number of carbonyl (C=O) groups excluding carboxylic acids is 1. The molecule has 0 saturated carbocycles. The van der Waals surface area contributed by atoms with Crippen LogP contribution in [0.2, 0.25) is 0 Å². The summed E-state index contributed by atoms with van der Waals surface area (Å²) in [5.41, 5.74) is 0. The van der Waals surface area contributed by atoms with Crippen molar-refractivity contribution < 1.29 is 14.6 Å². The van der Waals surface area contributed by atoms with Gasteiger partial charge in [-0.3, -0.25) is 0 Å². The number of nitrogens with one attached hydrogen (secondary N) is 1. The normalized spacial score (nSPS) is 29.8. The minimum atomic E-state index is -0.347. The summed E-state index contributed by atoms with van der Waals surface area (Å²) >= 11 is 0. The van der Waals surface area contributed by atoms with Crippen LogP contribution in [-0.4, -0.2) is 30.0 Å². The second kappa shape index (κ2) is 3.57. The zero-order chi connectivity index (χ0) is 8.27. The number of rotatable bonds is 3. The van der Waals surface area contributed by atoms with Crippen LogP contribution < -0.4 is 5.32 Å². The Labute approximate surface area is 65.5 Å². The zero-order valence-corrected chi connectivity index (χ0v) is 6.54. The van der Waals surface area contributed by atoms with E-state index in [4.69, 9.17) is 9.84 Å². The van der Waals surface area contributed by atoms with Crippen LogP contribution in [0.25, 0.3) is 0 Å². The van der Waals surface area contributed by atoms with Gasteiger partial charge in [-0.1, -0.05) is 0 Å². The molecule has 0 aliphatic carbocycles. The molecule has 64 valence electrons. The van der Waals surface area contributed by atoms with Crippen LogP contribution in [-0.2, 0) is 4.74 Å². The summed E-state index contributed by atoms with van der Waals surface area (Å²) in [6, 6.07) is 0.0778. The Hall–Kier alpha value is -0.770. The fraction of sp³-hybridized carbons (Fsp3) is 0.857. The van der Waals surface area contributed by atoms with Gasteiger partial charge < -0.3 is 15.2 Å². The van der Waals surface area contributed by atoms with Crippen molar-refractivity contribution in [2.24, 2.45) is 0 Å². The van der Waals surface area contributed by atoms with Gasteiger partial charge in [-0.25, -0.2) is 4.79 Å². The molecule has 0 aromatic carbocycles. The van der Waals surface area contributed by atoms with Crippen molar-refractivity contribution >= 4 is 6.09 Å². The van der Waals surface area contributed by atoms with Crippen molar-refractivity contribution in [3.63, 3.8) is 0 Å². The van der Waals surface area contributed by atoms with Crippen molar-refractivity contribution in [3.05, 3.63) is 0 Å². The number of ether oxygens (including phenoxy) is 1. The Morgan fingerprint density at radius 3 is 2.91 bits per heavy atom. The predicted octanol–water partition coefficient (Wildman–Crippen LogP) is 0.256. The molecule has 11 heavy (non-hydrogen) atoms. The standard InChI is InChI=1S/C7H13NO3/c1-5-6(3-2-4-9)11-7(10)8-5/h5-6,9H,2-4H2,1H3,(H,8,10). The van der Waals surface area contributed by atoms with Gasteiger partial charge in [0.2, 0.25) is 0 Å². The monoisotopic (exact) mass is 159 g/mol. The van der Waals surface area contributed by atoms with Crippen LogP contribution >= 0.6 is 0 Å². The number of alkyl carbamates (subject to hydrolysis) is 1. The van der Waals surface area contributed by atoms with E-state index in [1.807, 2.05) is 6.92 Å². The number of hydrogen-bond donors (Lipinski definition) is 2. The van der Waals surface area contributed by atoms with E-state index in [9.17, 15) is 4.79 Å². The molecule has 1 aliphatic rings. The third-order valence-corrected chi connectivity index (χ3v) is 1.81. The molecule has 1 saturated heterocycles. The van der Waals surface area contributed by atoms with Gasteiger partial charge in [0, 0.05) is 6.61 Å². The largest absolute Gasteiger partial charge is 0.444 e. The van der Waals surface area contributed by atoms with Gasteiger partial charge in [0.25, 0.3) is 0 Å². The van der Waals surface area contributed by atoms with E-state index in [-0.39, 0.29) is 24.8 Å². The maximum atomic E-state index is 10.6. The molecule has 1 fully saturated rings. The first-order valence-corrected chi connectivity index (χ1v) is 3.82. The first kappa shape index (κ1) is 8.33. The number of hydrogen-bond acceptors (Lipinski definition) is 3.